The Labute approximate surface area is 383 Å². The Morgan fingerprint density at radius 3 is 1.50 bits per heavy atom. The van der Waals surface area contributed by atoms with Crippen molar-refractivity contribution in [2.24, 2.45) is 105 Å². The van der Waals surface area contributed by atoms with Gasteiger partial charge in [0.2, 0.25) is 0 Å². The van der Waals surface area contributed by atoms with E-state index in [9.17, 15) is 37.9 Å². The molecule has 1 N–H and O–H groups in total. The van der Waals surface area contributed by atoms with Crippen LogP contribution in [0, 0.1) is 105 Å². The molecule has 0 bridgehead atoms. The highest BCUT2D eigenvalue weighted by Gasteiger charge is 2.68. The van der Waals surface area contributed by atoms with Crippen LogP contribution in [0.2, 0.25) is 0 Å². The number of hydrogen-bond acceptors (Lipinski definition) is 8. The third-order valence-corrected chi connectivity index (χ3v) is 21.7. The molecule has 64 heavy (non-hydrogen) atoms. The van der Waals surface area contributed by atoms with E-state index in [1.165, 1.54) is 14.2 Å². The van der Waals surface area contributed by atoms with E-state index in [0.29, 0.717) is 79.2 Å². The van der Waals surface area contributed by atoms with Crippen LogP contribution >= 0.6 is 0 Å². The van der Waals surface area contributed by atoms with Gasteiger partial charge in [0.25, 0.3) is 0 Å². The van der Waals surface area contributed by atoms with Crippen LogP contribution in [0.1, 0.15) is 171 Å². The Bertz CT molecular complexity index is 1770. The third kappa shape index (κ3) is 8.09. The zero-order valence-corrected chi connectivity index (χ0v) is 41.1. The number of aliphatic hydroxyl groups excluding tert-OH is 1. The average Bonchev–Trinajstić information content (AvgIpc) is 3.81. The Kier molecular flexibility index (Phi) is 14.5. The molecule has 8 aliphatic rings. The lowest BCUT2D eigenvalue weighted by Crippen LogP contribution is -2.62. The number of methoxy groups -OCH3 is 2. The molecule has 8 saturated carbocycles. The van der Waals surface area contributed by atoms with Crippen LogP contribution < -0.4 is 0 Å². The summed E-state index contributed by atoms with van der Waals surface area (Å²) in [5, 5.41) is 10.3. The molecule has 8 aliphatic carbocycles. The molecule has 8 fully saturated rings. The van der Waals surface area contributed by atoms with Gasteiger partial charge in [0, 0.05) is 42.9 Å². The van der Waals surface area contributed by atoms with E-state index in [-0.39, 0.29) is 93.1 Å². The lowest BCUT2D eigenvalue weighted by molar-refractivity contribution is -0.180. The van der Waals surface area contributed by atoms with Crippen molar-refractivity contribution in [3.63, 3.8) is 0 Å². The smallest absolute Gasteiger partial charge is 0.305 e. The van der Waals surface area contributed by atoms with Crippen molar-refractivity contribution < 1.29 is 47.3 Å². The molecular formula is C54H84F2O8. The number of Topliss-reactive ketones (excluding diaryl/α,β-unsaturated/α-hetero) is 3. The highest BCUT2D eigenvalue weighted by Crippen LogP contribution is 2.70. The van der Waals surface area contributed by atoms with Gasteiger partial charge in [0.1, 0.15) is 17.7 Å². The number of ketones is 3. The van der Waals surface area contributed by atoms with Crippen LogP contribution in [-0.2, 0) is 33.4 Å². The van der Waals surface area contributed by atoms with Gasteiger partial charge in [-0.2, -0.15) is 0 Å². The first-order valence-corrected chi connectivity index (χ1v) is 25.9. The summed E-state index contributed by atoms with van der Waals surface area (Å²) in [6.45, 7) is 17.9. The van der Waals surface area contributed by atoms with Gasteiger partial charge in [0.15, 0.2) is 12.0 Å². The molecule has 0 aromatic carbocycles. The number of halogens is 2. The summed E-state index contributed by atoms with van der Waals surface area (Å²) in [6, 6.07) is 0. The van der Waals surface area contributed by atoms with Crippen LogP contribution in [0.4, 0.5) is 8.78 Å². The van der Waals surface area contributed by atoms with Crippen LogP contribution in [0.15, 0.2) is 0 Å². The summed E-state index contributed by atoms with van der Waals surface area (Å²) in [7, 11) is 2.88. The molecule has 0 aromatic rings. The number of fused-ring (bicyclic) bond motifs is 10. The summed E-state index contributed by atoms with van der Waals surface area (Å²) in [6.07, 6.45) is 10.4. The van der Waals surface area contributed by atoms with E-state index in [2.05, 4.69) is 55.4 Å². The van der Waals surface area contributed by atoms with Gasteiger partial charge in [-0.25, -0.2) is 8.78 Å². The largest absolute Gasteiger partial charge is 0.469 e. The first-order chi connectivity index (χ1) is 30.2. The molecule has 0 amide bonds. The summed E-state index contributed by atoms with van der Waals surface area (Å²) < 4.78 is 39.2. The monoisotopic (exact) mass is 899 g/mol. The van der Waals surface area contributed by atoms with Gasteiger partial charge in [-0.3, -0.25) is 24.0 Å². The zero-order valence-electron chi connectivity index (χ0n) is 41.1. The van der Waals surface area contributed by atoms with Crippen molar-refractivity contribution in [1.29, 1.82) is 0 Å². The molecule has 0 aliphatic heterocycles. The number of aliphatic hydroxyl groups is 1. The quantitative estimate of drug-likeness (QED) is 0.215. The Morgan fingerprint density at radius 2 is 1.06 bits per heavy atom. The minimum atomic E-state index is -1.37. The molecule has 0 saturated heterocycles. The second-order valence-electron chi connectivity index (χ2n) is 24.0. The number of esters is 2. The van der Waals surface area contributed by atoms with Crippen molar-refractivity contribution in [3.8, 4) is 0 Å². The van der Waals surface area contributed by atoms with Gasteiger partial charge in [0.05, 0.1) is 20.3 Å². The highest BCUT2D eigenvalue weighted by molar-refractivity contribution is 5.90. The highest BCUT2D eigenvalue weighted by atomic mass is 19.1. The van der Waals surface area contributed by atoms with Gasteiger partial charge in [-0.1, -0.05) is 55.4 Å². The van der Waals surface area contributed by atoms with E-state index in [0.717, 1.165) is 77.0 Å². The maximum Gasteiger partial charge on any atom is 0.305 e. The van der Waals surface area contributed by atoms with Crippen molar-refractivity contribution in [3.05, 3.63) is 0 Å². The second-order valence-corrected chi connectivity index (χ2v) is 24.0. The fraction of sp³-hybridized carbons (Fsp3) is 0.907. The predicted octanol–water partition coefficient (Wildman–Crippen LogP) is 10.9. The minimum absolute atomic E-state index is 0.00119. The second kappa shape index (κ2) is 18.7. The number of alkyl halides is 2. The predicted molar refractivity (Wildman–Crippen MR) is 242 cm³/mol. The molecule has 0 radical (unpaired) electrons. The summed E-state index contributed by atoms with van der Waals surface area (Å²) in [4.78, 5) is 63.6. The summed E-state index contributed by atoms with van der Waals surface area (Å²) in [5.41, 5.74) is -0.263. The summed E-state index contributed by atoms with van der Waals surface area (Å²) >= 11 is 0. The topological polar surface area (TPSA) is 124 Å². The van der Waals surface area contributed by atoms with E-state index in [1.807, 2.05) is 0 Å². The van der Waals surface area contributed by atoms with E-state index in [4.69, 9.17) is 9.47 Å². The first kappa shape index (κ1) is 49.7. The Hall–Kier alpha value is -2.23. The fourth-order valence-corrected chi connectivity index (χ4v) is 18.4. The molecule has 362 valence electrons. The lowest BCUT2D eigenvalue weighted by Gasteiger charge is -2.62. The van der Waals surface area contributed by atoms with E-state index in [1.54, 1.807) is 0 Å². The summed E-state index contributed by atoms with van der Waals surface area (Å²) in [5.74, 6) is 3.10. The number of carbonyl (C=O) groups is 5. The maximum absolute atomic E-state index is 14.8. The molecular weight excluding hydrogens is 815 g/mol. The normalized spacial score (nSPS) is 47.9. The van der Waals surface area contributed by atoms with Crippen LogP contribution in [0.5, 0.6) is 0 Å². The Balaban J connectivity index is 0.000000191. The van der Waals surface area contributed by atoms with Gasteiger partial charge in [-0.05, 0) is 177 Å². The standard InChI is InChI=1S/C27H43FO4.C27H41FO4/c2*1-6-16-20-13-22(29)21(28)14-27(20,4)19-11-12-26(3)17(15(2)7-10-23(30)32-5)8-9-18(26)24(19)25(16)31/h15-22,24,29H,6-14H2,1-5H3;15-21,24H,6-14H2,1-5H3/t15-,16-,17-,18?,19?,20+,21-,22-,24?,26-,27-;15-,16-,17-,18?,19?,20+,21-,24?,26-,27-/m11/s1. The number of ether oxygens (including phenoxy) is 2. The molecule has 8 rings (SSSR count). The third-order valence-electron chi connectivity index (χ3n) is 21.7. The van der Waals surface area contributed by atoms with Crippen LogP contribution in [-0.4, -0.2) is 67.1 Å². The van der Waals surface area contributed by atoms with E-state index < -0.39 is 18.4 Å². The lowest BCUT2D eigenvalue weighted by atomic mass is 9.41. The number of hydrogen-bond donors (Lipinski definition) is 1. The van der Waals surface area contributed by atoms with Crippen molar-refractivity contribution >= 4 is 29.3 Å². The molecule has 0 spiro atoms. The molecule has 0 heterocycles. The van der Waals surface area contributed by atoms with Crippen molar-refractivity contribution in [2.45, 2.75) is 189 Å². The van der Waals surface area contributed by atoms with Gasteiger partial charge in [-0.15, -0.1) is 0 Å². The number of carbonyl (C=O) groups excluding carboxylic acids is 5. The molecule has 0 aromatic heterocycles. The fourth-order valence-electron chi connectivity index (χ4n) is 18.4. The molecule has 8 nitrogen and oxygen atoms in total. The van der Waals surface area contributed by atoms with Gasteiger partial charge >= 0.3 is 11.9 Å². The zero-order chi connectivity index (χ0) is 46.8. The number of rotatable bonds is 10. The first-order valence-electron chi connectivity index (χ1n) is 25.9. The molecule has 6 unspecified atom stereocenters. The van der Waals surface area contributed by atoms with E-state index >= 15 is 0 Å². The van der Waals surface area contributed by atoms with Crippen LogP contribution in [0.25, 0.3) is 0 Å². The van der Waals surface area contributed by atoms with Crippen LogP contribution in [0.3, 0.4) is 0 Å². The SMILES string of the molecule is CC[C@H]1C(=O)C2C3CC[C@H]([C@H](C)CCC(=O)OC)[C@@]3(C)CCC2[C@@]2(C)C[C@@H](F)C(=O)C[C@@H]12.CC[C@H]1C(=O)C2C3CC[C@H]([C@H](C)CCC(=O)OC)[C@@]3(C)CCC2[C@@]2(C)C[C@@H](F)[C@H](O)C[C@@H]12. The minimum Gasteiger partial charge on any atom is -0.469 e. The Morgan fingerprint density at radius 1 is 0.641 bits per heavy atom. The van der Waals surface area contributed by atoms with Gasteiger partial charge < -0.3 is 14.6 Å². The molecule has 21 atom stereocenters. The average molecular weight is 899 g/mol. The van der Waals surface area contributed by atoms with Crippen molar-refractivity contribution in [1.82, 2.24) is 0 Å². The molecule has 10 heteroatoms. The maximum atomic E-state index is 14.8. The van der Waals surface area contributed by atoms with Crippen molar-refractivity contribution in [2.75, 3.05) is 14.2 Å².